The van der Waals surface area contributed by atoms with Crippen LogP contribution in [0.3, 0.4) is 0 Å². The van der Waals surface area contributed by atoms with Crippen molar-refractivity contribution in [1.82, 2.24) is 9.88 Å². The molecule has 0 aliphatic carbocycles. The highest BCUT2D eigenvalue weighted by Crippen LogP contribution is 2.21. The van der Waals surface area contributed by atoms with E-state index in [4.69, 9.17) is 5.73 Å². The molecule has 0 fully saturated rings. The predicted octanol–water partition coefficient (Wildman–Crippen LogP) is 2.93. The number of nitrogens with two attached hydrogens (primary N) is 1. The molecule has 2 N–H and O–H groups in total. The van der Waals surface area contributed by atoms with Gasteiger partial charge < -0.3 is 10.6 Å². The lowest BCUT2D eigenvalue weighted by Crippen LogP contribution is -2.38. The van der Waals surface area contributed by atoms with Gasteiger partial charge in [-0.25, -0.2) is 4.98 Å². The van der Waals surface area contributed by atoms with Crippen molar-refractivity contribution in [2.45, 2.75) is 26.8 Å². The van der Waals surface area contributed by atoms with Crippen LogP contribution in [0, 0.1) is 5.92 Å². The van der Waals surface area contributed by atoms with E-state index in [0.717, 1.165) is 10.9 Å². The number of nitrogens with zero attached hydrogens (tertiary/aromatic N) is 2. The lowest BCUT2D eigenvalue weighted by Gasteiger charge is -2.27. The van der Waals surface area contributed by atoms with E-state index >= 15 is 0 Å². The predicted molar refractivity (Wildman–Crippen MR) is 82.5 cm³/mol. The van der Waals surface area contributed by atoms with E-state index in [-0.39, 0.29) is 11.9 Å². The lowest BCUT2D eigenvalue weighted by atomic mass is 10.0. The molecule has 2 aromatic rings. The molecular weight excluding hydrogens is 250 g/mol. The largest absolute Gasteiger partial charge is 0.398 e. The van der Waals surface area contributed by atoms with E-state index in [0.29, 0.717) is 17.3 Å². The Bertz CT molecular complexity index is 637. The van der Waals surface area contributed by atoms with Crippen molar-refractivity contribution < 1.29 is 4.79 Å². The highest BCUT2D eigenvalue weighted by molar-refractivity contribution is 5.99. The third kappa shape index (κ3) is 2.59. The van der Waals surface area contributed by atoms with Gasteiger partial charge in [-0.05, 0) is 25.0 Å². The molecule has 1 aromatic carbocycles. The van der Waals surface area contributed by atoms with Crippen molar-refractivity contribution in [3.63, 3.8) is 0 Å². The Morgan fingerprint density at radius 3 is 2.55 bits per heavy atom. The van der Waals surface area contributed by atoms with Crippen LogP contribution < -0.4 is 5.73 Å². The van der Waals surface area contributed by atoms with E-state index in [2.05, 4.69) is 18.8 Å². The summed E-state index contributed by atoms with van der Waals surface area (Å²) in [5, 5.41) is 0.878. The number of nitrogen functional groups attached to an aromatic ring is 1. The standard InChI is InChI=1S/C16H21N3O/c1-10(2)11(3)19(4)16(20)15-9-13(17)12-7-5-6-8-14(12)18-15/h5-11H,1-4H3,(H2,17,18). The molecule has 0 radical (unpaired) electrons. The maximum absolute atomic E-state index is 12.5. The molecule has 20 heavy (non-hydrogen) atoms. The molecule has 0 bridgehead atoms. The summed E-state index contributed by atoms with van der Waals surface area (Å²) in [6.45, 7) is 6.22. The third-order valence-electron chi connectivity index (χ3n) is 3.86. The Hall–Kier alpha value is -2.10. The molecular formula is C16H21N3O. The Morgan fingerprint density at radius 1 is 1.25 bits per heavy atom. The Labute approximate surface area is 119 Å². The molecule has 0 saturated carbocycles. The van der Waals surface area contributed by atoms with Gasteiger partial charge in [0.25, 0.3) is 5.91 Å². The minimum absolute atomic E-state index is 0.0938. The zero-order valence-corrected chi connectivity index (χ0v) is 12.4. The van der Waals surface area contributed by atoms with E-state index in [9.17, 15) is 4.79 Å². The first-order chi connectivity index (χ1) is 9.41. The van der Waals surface area contributed by atoms with Crippen molar-refractivity contribution in [1.29, 1.82) is 0 Å². The number of benzene rings is 1. The minimum atomic E-state index is -0.0938. The maximum Gasteiger partial charge on any atom is 0.272 e. The number of hydrogen-bond donors (Lipinski definition) is 1. The van der Waals surface area contributed by atoms with Gasteiger partial charge in [0.1, 0.15) is 5.69 Å². The van der Waals surface area contributed by atoms with Gasteiger partial charge in [-0.2, -0.15) is 0 Å². The number of aromatic nitrogens is 1. The van der Waals surface area contributed by atoms with Crippen LogP contribution in [0.25, 0.3) is 10.9 Å². The summed E-state index contributed by atoms with van der Waals surface area (Å²) in [5.41, 5.74) is 7.76. The molecule has 0 spiro atoms. The number of amides is 1. The molecule has 1 amide bonds. The van der Waals surface area contributed by atoms with Crippen molar-refractivity contribution in [3.8, 4) is 0 Å². The van der Waals surface area contributed by atoms with Gasteiger partial charge in [0.15, 0.2) is 0 Å². The Balaban J connectivity index is 2.40. The Kier molecular flexibility index (Phi) is 3.93. The van der Waals surface area contributed by atoms with E-state index in [1.807, 2.05) is 31.2 Å². The average Bonchev–Trinajstić information content (AvgIpc) is 2.44. The van der Waals surface area contributed by atoms with Gasteiger partial charge >= 0.3 is 0 Å². The van der Waals surface area contributed by atoms with Crippen LogP contribution in [0.2, 0.25) is 0 Å². The number of hydrogen-bond acceptors (Lipinski definition) is 3. The minimum Gasteiger partial charge on any atom is -0.398 e. The van der Waals surface area contributed by atoms with Crippen LogP contribution in [0.4, 0.5) is 5.69 Å². The van der Waals surface area contributed by atoms with Crippen molar-refractivity contribution in [2.24, 2.45) is 5.92 Å². The summed E-state index contributed by atoms with van der Waals surface area (Å²) in [7, 11) is 1.81. The molecule has 4 heteroatoms. The third-order valence-corrected chi connectivity index (χ3v) is 3.86. The first-order valence-electron chi connectivity index (χ1n) is 6.84. The normalized spacial score (nSPS) is 12.7. The van der Waals surface area contributed by atoms with Crippen LogP contribution in [-0.4, -0.2) is 28.9 Å². The summed E-state index contributed by atoms with van der Waals surface area (Å²) in [6.07, 6.45) is 0. The van der Waals surface area contributed by atoms with Crippen molar-refractivity contribution >= 4 is 22.5 Å². The average molecular weight is 271 g/mol. The van der Waals surface area contributed by atoms with Crippen LogP contribution in [-0.2, 0) is 0 Å². The molecule has 4 nitrogen and oxygen atoms in total. The number of para-hydroxylation sites is 1. The zero-order chi connectivity index (χ0) is 14.9. The molecule has 0 aliphatic rings. The number of carbonyl (C=O) groups is 1. The smallest absolute Gasteiger partial charge is 0.272 e. The van der Waals surface area contributed by atoms with Gasteiger partial charge in [0.05, 0.1) is 5.52 Å². The molecule has 0 saturated heterocycles. The number of anilines is 1. The van der Waals surface area contributed by atoms with Crippen LogP contribution in [0.5, 0.6) is 0 Å². The van der Waals surface area contributed by atoms with Crippen LogP contribution in [0.1, 0.15) is 31.3 Å². The molecule has 2 rings (SSSR count). The van der Waals surface area contributed by atoms with Gasteiger partial charge in [0.2, 0.25) is 0 Å². The highest BCUT2D eigenvalue weighted by atomic mass is 16.2. The van der Waals surface area contributed by atoms with Gasteiger partial charge in [0, 0.05) is 24.2 Å². The summed E-state index contributed by atoms with van der Waals surface area (Å²) in [6, 6.07) is 9.39. The molecule has 0 aliphatic heterocycles. The van der Waals surface area contributed by atoms with Gasteiger partial charge in [-0.1, -0.05) is 32.0 Å². The number of rotatable bonds is 3. The molecule has 1 unspecified atom stereocenters. The van der Waals surface area contributed by atoms with Crippen molar-refractivity contribution in [3.05, 3.63) is 36.0 Å². The van der Waals surface area contributed by atoms with E-state index in [1.54, 1.807) is 18.0 Å². The second-order valence-electron chi connectivity index (χ2n) is 5.51. The van der Waals surface area contributed by atoms with Crippen LogP contribution >= 0.6 is 0 Å². The number of carbonyl (C=O) groups excluding carboxylic acids is 1. The van der Waals surface area contributed by atoms with E-state index in [1.165, 1.54) is 0 Å². The second kappa shape index (κ2) is 5.49. The fourth-order valence-electron chi connectivity index (χ4n) is 2.12. The Morgan fingerprint density at radius 2 is 1.90 bits per heavy atom. The topological polar surface area (TPSA) is 59.2 Å². The molecule has 1 atom stereocenters. The SMILES string of the molecule is CC(C)C(C)N(C)C(=O)c1cc(N)c2ccccc2n1. The first-order valence-corrected chi connectivity index (χ1v) is 6.84. The highest BCUT2D eigenvalue weighted by Gasteiger charge is 2.21. The van der Waals surface area contributed by atoms with E-state index < -0.39 is 0 Å². The first kappa shape index (κ1) is 14.3. The molecule has 106 valence electrons. The summed E-state index contributed by atoms with van der Waals surface area (Å²) in [4.78, 5) is 18.6. The zero-order valence-electron chi connectivity index (χ0n) is 12.4. The maximum atomic E-state index is 12.5. The number of pyridine rings is 1. The monoisotopic (exact) mass is 271 g/mol. The summed E-state index contributed by atoms with van der Waals surface area (Å²) >= 11 is 0. The summed E-state index contributed by atoms with van der Waals surface area (Å²) in [5.74, 6) is 0.297. The fraction of sp³-hybridized carbons (Fsp3) is 0.375. The van der Waals surface area contributed by atoms with Gasteiger partial charge in [-0.15, -0.1) is 0 Å². The van der Waals surface area contributed by atoms with Gasteiger partial charge in [-0.3, -0.25) is 4.79 Å². The van der Waals surface area contributed by atoms with Crippen molar-refractivity contribution in [2.75, 3.05) is 12.8 Å². The van der Waals surface area contributed by atoms with Crippen LogP contribution in [0.15, 0.2) is 30.3 Å². The lowest BCUT2D eigenvalue weighted by molar-refractivity contribution is 0.0701. The number of fused-ring (bicyclic) bond motifs is 1. The second-order valence-corrected chi connectivity index (χ2v) is 5.51. The fourth-order valence-corrected chi connectivity index (χ4v) is 2.12. The summed E-state index contributed by atoms with van der Waals surface area (Å²) < 4.78 is 0. The molecule has 1 heterocycles. The quantitative estimate of drug-likeness (QED) is 0.933. The molecule has 1 aromatic heterocycles.